The Morgan fingerprint density at radius 3 is 2.53 bits per heavy atom. The van der Waals surface area contributed by atoms with Crippen LogP contribution in [0.3, 0.4) is 0 Å². The van der Waals surface area contributed by atoms with Crippen LogP contribution >= 0.6 is 15.9 Å². The Balaban J connectivity index is 3.03. The normalized spacial score (nSPS) is 12.7. The third kappa shape index (κ3) is 3.97. The number of nitrogens with one attached hydrogen (secondary N) is 1. The molecule has 0 saturated heterocycles. The van der Waals surface area contributed by atoms with Crippen molar-refractivity contribution in [3.8, 4) is 0 Å². The maximum atomic E-state index is 5.42. The maximum absolute atomic E-state index is 5.42. The summed E-state index contributed by atoms with van der Waals surface area (Å²) in [6.07, 6.45) is 1.71. The smallest absolute Gasteiger partial charge is 0.162 e. The predicted octanol–water partition coefficient (Wildman–Crippen LogP) is 1.85. The van der Waals surface area contributed by atoms with E-state index in [0.29, 0.717) is 5.84 Å². The summed E-state index contributed by atoms with van der Waals surface area (Å²) in [5, 5.41) is 0. The molecule has 1 aromatic heterocycles. The molecule has 0 unspecified atom stereocenters. The van der Waals surface area contributed by atoms with Crippen LogP contribution in [0.1, 0.15) is 26.5 Å². The molecule has 0 aromatic carbocycles. The minimum absolute atomic E-state index is 0.184. The standard InChI is InChI=1S/C10H15BrN4/c1-10(2,3)14-9(15-12)8-5-4-7(11)6-13-8/h4-6H,12H2,1-3H3,(H,14,15). The molecule has 0 radical (unpaired) electrons. The lowest BCUT2D eigenvalue weighted by Crippen LogP contribution is -2.34. The van der Waals surface area contributed by atoms with Crippen molar-refractivity contribution < 1.29 is 0 Å². The number of amidine groups is 1. The number of halogens is 1. The van der Waals surface area contributed by atoms with Crippen molar-refractivity contribution >= 4 is 21.8 Å². The summed E-state index contributed by atoms with van der Waals surface area (Å²) in [4.78, 5) is 8.64. The molecule has 0 aliphatic rings. The zero-order valence-electron chi connectivity index (χ0n) is 9.08. The lowest BCUT2D eigenvalue weighted by atomic mass is 10.1. The molecule has 0 amide bonds. The van der Waals surface area contributed by atoms with Crippen molar-refractivity contribution in [3.63, 3.8) is 0 Å². The second kappa shape index (κ2) is 4.72. The van der Waals surface area contributed by atoms with Gasteiger partial charge in [-0.3, -0.25) is 9.98 Å². The quantitative estimate of drug-likeness (QED) is 0.354. The minimum Gasteiger partial charge on any atom is -0.307 e. The SMILES string of the molecule is CC(C)(C)N=C(NN)c1ccc(Br)cn1. The first kappa shape index (κ1) is 12.1. The Morgan fingerprint density at radius 1 is 1.47 bits per heavy atom. The van der Waals surface area contributed by atoms with Gasteiger partial charge in [-0.05, 0) is 48.8 Å². The number of hydrogen-bond donors (Lipinski definition) is 2. The summed E-state index contributed by atoms with van der Waals surface area (Å²) < 4.78 is 0.929. The summed E-state index contributed by atoms with van der Waals surface area (Å²) in [5.41, 5.74) is 3.11. The number of pyridine rings is 1. The number of rotatable bonds is 1. The molecule has 5 heteroatoms. The molecule has 3 N–H and O–H groups in total. The molecule has 0 spiro atoms. The lowest BCUT2D eigenvalue weighted by Gasteiger charge is -2.15. The van der Waals surface area contributed by atoms with Crippen molar-refractivity contribution in [2.75, 3.05) is 0 Å². The highest BCUT2D eigenvalue weighted by molar-refractivity contribution is 9.10. The fraction of sp³-hybridized carbons (Fsp3) is 0.400. The summed E-state index contributed by atoms with van der Waals surface area (Å²) in [6.45, 7) is 6.01. The largest absolute Gasteiger partial charge is 0.307 e. The first-order valence-corrected chi connectivity index (χ1v) is 5.40. The maximum Gasteiger partial charge on any atom is 0.162 e. The molecule has 0 atom stereocenters. The first-order valence-electron chi connectivity index (χ1n) is 4.61. The van der Waals surface area contributed by atoms with Gasteiger partial charge in [0.1, 0.15) is 5.69 Å². The molecule has 1 rings (SSSR count). The van der Waals surface area contributed by atoms with Gasteiger partial charge in [-0.25, -0.2) is 5.84 Å². The Labute approximate surface area is 98.1 Å². The fourth-order valence-corrected chi connectivity index (χ4v) is 1.25. The van der Waals surface area contributed by atoms with E-state index in [0.717, 1.165) is 10.2 Å². The molecule has 4 nitrogen and oxygen atoms in total. The molecule has 0 aliphatic carbocycles. The topological polar surface area (TPSA) is 63.3 Å². The highest BCUT2D eigenvalue weighted by atomic mass is 79.9. The summed E-state index contributed by atoms with van der Waals surface area (Å²) in [6, 6.07) is 3.76. The van der Waals surface area contributed by atoms with Crippen molar-refractivity contribution in [1.29, 1.82) is 0 Å². The zero-order chi connectivity index (χ0) is 11.5. The van der Waals surface area contributed by atoms with E-state index in [1.54, 1.807) is 6.20 Å². The second-order valence-corrected chi connectivity index (χ2v) is 5.05. The van der Waals surface area contributed by atoms with E-state index in [-0.39, 0.29) is 5.54 Å². The predicted molar refractivity (Wildman–Crippen MR) is 65.6 cm³/mol. The van der Waals surface area contributed by atoms with Crippen molar-refractivity contribution in [3.05, 3.63) is 28.5 Å². The summed E-state index contributed by atoms with van der Waals surface area (Å²) >= 11 is 3.32. The van der Waals surface area contributed by atoms with Crippen LogP contribution in [0.2, 0.25) is 0 Å². The van der Waals surface area contributed by atoms with Gasteiger partial charge < -0.3 is 5.43 Å². The van der Waals surface area contributed by atoms with Crippen LogP contribution in [0, 0.1) is 0 Å². The molecule has 0 saturated carbocycles. The molecule has 82 valence electrons. The third-order valence-electron chi connectivity index (χ3n) is 1.55. The van der Waals surface area contributed by atoms with Crippen LogP contribution in [-0.4, -0.2) is 16.4 Å². The van der Waals surface area contributed by atoms with Crippen LogP contribution in [0.4, 0.5) is 0 Å². The molecule has 1 aromatic rings. The Hall–Kier alpha value is -0.940. The Kier molecular flexibility index (Phi) is 3.82. The van der Waals surface area contributed by atoms with Crippen molar-refractivity contribution in [2.45, 2.75) is 26.3 Å². The van der Waals surface area contributed by atoms with E-state index in [1.165, 1.54) is 0 Å². The lowest BCUT2D eigenvalue weighted by molar-refractivity contribution is 0.580. The number of hydrazine groups is 1. The van der Waals surface area contributed by atoms with Crippen LogP contribution in [0.25, 0.3) is 0 Å². The molecule has 1 heterocycles. The van der Waals surface area contributed by atoms with Gasteiger partial charge in [-0.2, -0.15) is 0 Å². The highest BCUT2D eigenvalue weighted by Crippen LogP contribution is 2.11. The van der Waals surface area contributed by atoms with E-state index in [4.69, 9.17) is 5.84 Å². The fourth-order valence-electron chi connectivity index (χ4n) is 1.01. The van der Waals surface area contributed by atoms with Crippen LogP contribution in [-0.2, 0) is 0 Å². The number of aromatic nitrogens is 1. The number of aliphatic imine (C=N–C) groups is 1. The second-order valence-electron chi connectivity index (χ2n) is 4.14. The number of nitrogens with zero attached hydrogens (tertiary/aromatic N) is 2. The molecule has 15 heavy (non-hydrogen) atoms. The molecular formula is C10H15BrN4. The van der Waals surface area contributed by atoms with Gasteiger partial charge in [0.15, 0.2) is 5.84 Å². The minimum atomic E-state index is -0.184. The van der Waals surface area contributed by atoms with Gasteiger partial charge in [-0.15, -0.1) is 0 Å². The van der Waals surface area contributed by atoms with Gasteiger partial charge in [-0.1, -0.05) is 0 Å². The average molecular weight is 271 g/mol. The van der Waals surface area contributed by atoms with Crippen molar-refractivity contribution in [2.24, 2.45) is 10.8 Å². The molecule has 0 aliphatic heterocycles. The van der Waals surface area contributed by atoms with E-state index in [9.17, 15) is 0 Å². The summed E-state index contributed by atoms with van der Waals surface area (Å²) in [7, 11) is 0. The third-order valence-corrected chi connectivity index (χ3v) is 2.02. The monoisotopic (exact) mass is 270 g/mol. The molecule has 0 bridgehead atoms. The first-order chi connectivity index (χ1) is 6.92. The van der Waals surface area contributed by atoms with Crippen LogP contribution in [0.15, 0.2) is 27.8 Å². The van der Waals surface area contributed by atoms with Gasteiger partial charge in [0, 0.05) is 10.7 Å². The van der Waals surface area contributed by atoms with Gasteiger partial charge in [0.2, 0.25) is 0 Å². The van der Waals surface area contributed by atoms with Crippen LogP contribution < -0.4 is 11.3 Å². The van der Waals surface area contributed by atoms with Gasteiger partial charge in [0.25, 0.3) is 0 Å². The van der Waals surface area contributed by atoms with E-state index >= 15 is 0 Å². The number of hydrogen-bond acceptors (Lipinski definition) is 3. The van der Waals surface area contributed by atoms with Crippen molar-refractivity contribution in [1.82, 2.24) is 10.4 Å². The molecular weight excluding hydrogens is 256 g/mol. The van der Waals surface area contributed by atoms with E-state index in [1.807, 2.05) is 32.9 Å². The van der Waals surface area contributed by atoms with Gasteiger partial charge >= 0.3 is 0 Å². The number of nitrogens with two attached hydrogens (primary N) is 1. The average Bonchev–Trinajstić information content (AvgIpc) is 2.14. The van der Waals surface area contributed by atoms with Crippen LogP contribution in [0.5, 0.6) is 0 Å². The van der Waals surface area contributed by atoms with Gasteiger partial charge in [0.05, 0.1) is 5.54 Å². The Morgan fingerprint density at radius 2 is 2.13 bits per heavy atom. The van der Waals surface area contributed by atoms with E-state index in [2.05, 4.69) is 31.3 Å². The summed E-state index contributed by atoms with van der Waals surface area (Å²) in [5.74, 6) is 6.01. The molecule has 0 fully saturated rings. The zero-order valence-corrected chi connectivity index (χ0v) is 10.7. The van der Waals surface area contributed by atoms with E-state index < -0.39 is 0 Å². The Bertz CT molecular complexity index is 351. The highest BCUT2D eigenvalue weighted by Gasteiger charge is 2.11.